The summed E-state index contributed by atoms with van der Waals surface area (Å²) in [4.78, 5) is 41.8. The molecule has 0 saturated carbocycles. The number of amides is 3. The van der Waals surface area contributed by atoms with Crippen LogP contribution in [0.5, 0.6) is 0 Å². The number of urea groups is 1. The number of carbonyl (C=O) groups excluding carboxylic acids is 2. The lowest BCUT2D eigenvalue weighted by Gasteiger charge is -2.42. The average Bonchev–Trinajstić information content (AvgIpc) is 3.08. The third-order valence-electron chi connectivity index (χ3n) is 7.19. The van der Waals surface area contributed by atoms with E-state index in [-0.39, 0.29) is 11.9 Å². The first-order chi connectivity index (χ1) is 17.1. The molecule has 35 heavy (non-hydrogen) atoms. The van der Waals surface area contributed by atoms with Gasteiger partial charge in [0.2, 0.25) is 0 Å². The van der Waals surface area contributed by atoms with Crippen molar-refractivity contribution < 1.29 is 14.3 Å². The number of methoxy groups -OCH3 is 1. The number of aromatic nitrogens is 2. The third-order valence-corrected chi connectivity index (χ3v) is 7.19. The van der Waals surface area contributed by atoms with Crippen LogP contribution in [-0.2, 0) is 22.6 Å². The minimum absolute atomic E-state index is 0.0700. The Labute approximate surface area is 205 Å². The number of para-hydroxylation sites is 1. The van der Waals surface area contributed by atoms with Crippen molar-refractivity contribution in [3.63, 3.8) is 0 Å². The predicted molar refractivity (Wildman–Crippen MR) is 132 cm³/mol. The molecule has 182 valence electrons. The molecule has 1 aromatic heterocycles. The normalized spacial score (nSPS) is 18.2. The molecule has 3 amide bonds. The first kappa shape index (κ1) is 23.4. The molecular formula is C27H31N5O3. The molecule has 3 heterocycles. The highest BCUT2D eigenvalue weighted by atomic mass is 16.5. The second-order valence-electron chi connectivity index (χ2n) is 9.31. The molecule has 2 aliphatic rings. The molecule has 2 aromatic carbocycles. The van der Waals surface area contributed by atoms with Gasteiger partial charge in [0.1, 0.15) is 5.54 Å². The lowest BCUT2D eigenvalue weighted by molar-refractivity contribution is -0.136. The topological polar surface area (TPSA) is 78.9 Å². The monoisotopic (exact) mass is 473 g/mol. The van der Waals surface area contributed by atoms with Gasteiger partial charge < -0.3 is 9.64 Å². The second kappa shape index (κ2) is 10.1. The number of benzene rings is 2. The van der Waals surface area contributed by atoms with Crippen LogP contribution in [-0.4, -0.2) is 75.5 Å². The molecule has 2 saturated heterocycles. The Kier molecular flexibility index (Phi) is 6.74. The van der Waals surface area contributed by atoms with Crippen LogP contribution in [0.15, 0.2) is 60.9 Å². The Balaban J connectivity index is 1.34. The molecule has 2 aliphatic heterocycles. The molecule has 3 aromatic rings. The molecule has 1 spiro atoms. The first-order valence-corrected chi connectivity index (χ1v) is 12.2. The van der Waals surface area contributed by atoms with E-state index in [0.717, 1.165) is 41.8 Å². The van der Waals surface area contributed by atoms with Crippen LogP contribution in [0.4, 0.5) is 4.79 Å². The molecule has 8 nitrogen and oxygen atoms in total. The zero-order valence-corrected chi connectivity index (χ0v) is 20.1. The highest BCUT2D eigenvalue weighted by Gasteiger charge is 2.57. The van der Waals surface area contributed by atoms with E-state index in [1.54, 1.807) is 19.5 Å². The summed E-state index contributed by atoms with van der Waals surface area (Å²) in [5.41, 5.74) is 3.10. The van der Waals surface area contributed by atoms with Crippen molar-refractivity contribution in [2.45, 2.75) is 37.9 Å². The number of carbonyl (C=O) groups is 2. The summed E-state index contributed by atoms with van der Waals surface area (Å²) >= 11 is 0. The van der Waals surface area contributed by atoms with Gasteiger partial charge in [-0.2, -0.15) is 0 Å². The lowest BCUT2D eigenvalue weighted by Crippen LogP contribution is -2.56. The molecule has 0 bridgehead atoms. The number of nitrogens with zero attached hydrogens (tertiary/aromatic N) is 5. The van der Waals surface area contributed by atoms with Crippen LogP contribution in [0.3, 0.4) is 0 Å². The minimum Gasteiger partial charge on any atom is -0.385 e. The van der Waals surface area contributed by atoms with E-state index >= 15 is 0 Å². The Bertz CT molecular complexity index is 1190. The summed E-state index contributed by atoms with van der Waals surface area (Å²) in [5, 5.41) is 0. The zero-order chi connectivity index (χ0) is 24.3. The van der Waals surface area contributed by atoms with Crippen molar-refractivity contribution in [2.24, 2.45) is 0 Å². The number of likely N-dealkylation sites (tertiary alicyclic amines) is 1. The fourth-order valence-corrected chi connectivity index (χ4v) is 5.35. The Morgan fingerprint density at radius 3 is 2.49 bits per heavy atom. The van der Waals surface area contributed by atoms with Crippen LogP contribution in [0.2, 0.25) is 0 Å². The van der Waals surface area contributed by atoms with Crippen molar-refractivity contribution in [1.29, 1.82) is 0 Å². The minimum atomic E-state index is -0.783. The Morgan fingerprint density at radius 1 is 0.943 bits per heavy atom. The molecule has 0 radical (unpaired) electrons. The standard InChI is InChI=1S/C27H31N5O3/c1-35-18-6-15-32-26(34)31(19-21-7-3-2-4-8-21)25(33)27(32)11-16-30(17-12-27)20-22-9-5-10-23-24(22)29-14-13-28-23/h2-5,7-10,13-14H,6,11-12,15-20H2,1H3. The highest BCUT2D eigenvalue weighted by molar-refractivity contribution is 6.07. The van der Waals surface area contributed by atoms with Gasteiger partial charge >= 0.3 is 6.03 Å². The number of hydrogen-bond acceptors (Lipinski definition) is 6. The van der Waals surface area contributed by atoms with Crippen LogP contribution in [0.1, 0.15) is 30.4 Å². The van der Waals surface area contributed by atoms with Gasteiger partial charge in [0, 0.05) is 52.3 Å². The van der Waals surface area contributed by atoms with E-state index in [1.807, 2.05) is 47.4 Å². The van der Waals surface area contributed by atoms with Gasteiger partial charge in [-0.1, -0.05) is 42.5 Å². The number of rotatable bonds is 8. The van der Waals surface area contributed by atoms with Gasteiger partial charge in [0.05, 0.1) is 17.6 Å². The van der Waals surface area contributed by atoms with Crippen LogP contribution in [0, 0.1) is 0 Å². The SMILES string of the molecule is COCCCN1C(=O)N(Cc2ccccc2)C(=O)C12CCN(Cc1cccc3nccnc13)CC2. The van der Waals surface area contributed by atoms with Crippen molar-refractivity contribution in [3.05, 3.63) is 72.1 Å². The van der Waals surface area contributed by atoms with Gasteiger partial charge in [0.15, 0.2) is 0 Å². The first-order valence-electron chi connectivity index (χ1n) is 12.2. The Morgan fingerprint density at radius 2 is 1.71 bits per heavy atom. The average molecular weight is 474 g/mol. The number of piperidine rings is 1. The van der Waals surface area contributed by atoms with Crippen LogP contribution < -0.4 is 0 Å². The van der Waals surface area contributed by atoms with Gasteiger partial charge in [-0.25, -0.2) is 4.79 Å². The van der Waals surface area contributed by atoms with E-state index < -0.39 is 5.54 Å². The molecular weight excluding hydrogens is 442 g/mol. The fourth-order valence-electron chi connectivity index (χ4n) is 5.35. The van der Waals surface area contributed by atoms with E-state index in [9.17, 15) is 9.59 Å². The molecule has 0 aliphatic carbocycles. The molecule has 5 rings (SSSR count). The van der Waals surface area contributed by atoms with E-state index in [4.69, 9.17) is 4.74 Å². The van der Waals surface area contributed by atoms with Crippen molar-refractivity contribution in [2.75, 3.05) is 33.4 Å². The number of imide groups is 1. The lowest BCUT2D eigenvalue weighted by atomic mass is 9.85. The van der Waals surface area contributed by atoms with Crippen molar-refractivity contribution in [1.82, 2.24) is 24.7 Å². The maximum atomic E-state index is 13.8. The van der Waals surface area contributed by atoms with Gasteiger partial charge in [-0.05, 0) is 36.5 Å². The predicted octanol–water partition coefficient (Wildman–Crippen LogP) is 3.47. The van der Waals surface area contributed by atoms with Crippen molar-refractivity contribution in [3.8, 4) is 0 Å². The zero-order valence-electron chi connectivity index (χ0n) is 20.1. The van der Waals surface area contributed by atoms with Crippen LogP contribution in [0.25, 0.3) is 11.0 Å². The molecule has 2 fully saturated rings. The van der Waals surface area contributed by atoms with Gasteiger partial charge in [-0.15, -0.1) is 0 Å². The number of hydrogen-bond donors (Lipinski definition) is 0. The van der Waals surface area contributed by atoms with E-state index in [2.05, 4.69) is 20.9 Å². The van der Waals surface area contributed by atoms with Crippen LogP contribution >= 0.6 is 0 Å². The molecule has 8 heteroatoms. The third kappa shape index (κ3) is 4.51. The Hall–Kier alpha value is -3.36. The summed E-state index contributed by atoms with van der Waals surface area (Å²) in [6, 6.07) is 15.6. The van der Waals surface area contributed by atoms with Crippen molar-refractivity contribution >= 4 is 23.0 Å². The molecule has 0 N–H and O–H groups in total. The summed E-state index contributed by atoms with van der Waals surface area (Å²) in [6.45, 7) is 3.58. The van der Waals surface area contributed by atoms with Gasteiger partial charge in [-0.3, -0.25) is 24.6 Å². The fraction of sp³-hybridized carbons (Fsp3) is 0.407. The molecule has 0 unspecified atom stereocenters. The van der Waals surface area contributed by atoms with E-state index in [0.29, 0.717) is 39.0 Å². The smallest absolute Gasteiger partial charge is 0.327 e. The molecule has 0 atom stereocenters. The summed E-state index contributed by atoms with van der Waals surface area (Å²) in [5.74, 6) is -0.0700. The maximum absolute atomic E-state index is 13.8. The highest BCUT2D eigenvalue weighted by Crippen LogP contribution is 2.38. The quantitative estimate of drug-likeness (QED) is 0.368. The number of fused-ring (bicyclic) bond motifs is 1. The maximum Gasteiger partial charge on any atom is 0.327 e. The number of ether oxygens (including phenoxy) is 1. The second-order valence-corrected chi connectivity index (χ2v) is 9.31. The summed E-state index contributed by atoms with van der Waals surface area (Å²) in [7, 11) is 1.66. The summed E-state index contributed by atoms with van der Waals surface area (Å²) in [6.07, 6.45) is 5.37. The van der Waals surface area contributed by atoms with Gasteiger partial charge in [0.25, 0.3) is 5.91 Å². The largest absolute Gasteiger partial charge is 0.385 e. The summed E-state index contributed by atoms with van der Waals surface area (Å²) < 4.78 is 5.22. The van der Waals surface area contributed by atoms with E-state index in [1.165, 1.54) is 4.90 Å².